The highest BCUT2D eigenvalue weighted by atomic mass is 16.1. The summed E-state index contributed by atoms with van der Waals surface area (Å²) in [6.07, 6.45) is 5.41. The molecule has 0 saturated carbocycles. The van der Waals surface area contributed by atoms with E-state index in [4.69, 9.17) is 5.39 Å². The number of Topliss-reactive ketones (excluding diaryl/α,β-unsaturated/α-hetero) is 1. The van der Waals surface area contributed by atoms with Crippen molar-refractivity contribution in [3.8, 4) is 0 Å². The smallest absolute Gasteiger partial charge is 0.294 e. The Morgan fingerprint density at radius 3 is 3.15 bits per heavy atom. The maximum atomic E-state index is 11.4. The van der Waals surface area contributed by atoms with Gasteiger partial charge in [-0.2, -0.15) is 0 Å². The summed E-state index contributed by atoms with van der Waals surface area (Å²) in [7, 11) is 0. The number of aliphatic imine (C=N–C) groups is 1. The quantitative estimate of drug-likeness (QED) is 0.485. The number of dihydropyridines is 1. The van der Waals surface area contributed by atoms with Crippen LogP contribution in [0.15, 0.2) is 16.6 Å². The molecule has 4 heteroatoms. The molecule has 1 heterocycles. The van der Waals surface area contributed by atoms with Crippen LogP contribution in [0.2, 0.25) is 0 Å². The van der Waals surface area contributed by atoms with Crippen LogP contribution in [0.1, 0.15) is 19.3 Å². The van der Waals surface area contributed by atoms with Crippen LogP contribution in [0.5, 0.6) is 0 Å². The predicted octanol–water partition coefficient (Wildman–Crippen LogP) is 1.59. The second kappa shape index (κ2) is 5.20. The van der Waals surface area contributed by atoms with Gasteiger partial charge in [0.25, 0.3) is 0 Å². The van der Waals surface area contributed by atoms with Gasteiger partial charge < -0.3 is 0 Å². The van der Waals surface area contributed by atoms with E-state index < -0.39 is 0 Å². The van der Waals surface area contributed by atoms with Crippen molar-refractivity contribution in [3.63, 3.8) is 0 Å². The Morgan fingerprint density at radius 1 is 1.69 bits per heavy atom. The molecule has 1 aliphatic heterocycles. The van der Waals surface area contributed by atoms with Crippen LogP contribution in [-0.4, -0.2) is 25.1 Å². The summed E-state index contributed by atoms with van der Waals surface area (Å²) in [6.45, 7) is 1.11. The standard InChI is InChI=1S/C9H12N3O/c10-12-6-2-4-9(13)8-3-1-5-11-7-8/h3,7H,1-2,4-6H2/q+1. The van der Waals surface area contributed by atoms with Crippen molar-refractivity contribution in [3.05, 3.63) is 16.6 Å². The van der Waals surface area contributed by atoms with Crippen LogP contribution in [0.3, 0.4) is 0 Å². The Labute approximate surface area is 77.0 Å². The molecule has 0 aromatic heterocycles. The van der Waals surface area contributed by atoms with E-state index in [1.165, 1.54) is 0 Å². The Balaban J connectivity index is 2.35. The Kier molecular flexibility index (Phi) is 3.83. The Morgan fingerprint density at radius 2 is 2.54 bits per heavy atom. The molecule has 0 radical (unpaired) electrons. The highest BCUT2D eigenvalue weighted by molar-refractivity contribution is 6.13. The lowest BCUT2D eigenvalue weighted by atomic mass is 10.1. The molecule has 13 heavy (non-hydrogen) atoms. The normalized spacial score (nSPS) is 14.8. The highest BCUT2D eigenvalue weighted by Gasteiger charge is 2.10. The summed E-state index contributed by atoms with van der Waals surface area (Å²) < 4.78 is 0. The largest absolute Gasteiger partial charge is 0.306 e. The molecule has 0 atom stereocenters. The van der Waals surface area contributed by atoms with Crippen molar-refractivity contribution in [1.82, 2.24) is 0 Å². The van der Waals surface area contributed by atoms with E-state index in [0.29, 0.717) is 25.0 Å². The molecule has 0 bridgehead atoms. The minimum atomic E-state index is 0.0899. The molecule has 1 aliphatic rings. The summed E-state index contributed by atoms with van der Waals surface area (Å²) in [5, 5.41) is 8.16. The van der Waals surface area contributed by atoms with Gasteiger partial charge in [0.15, 0.2) is 5.78 Å². The van der Waals surface area contributed by atoms with Gasteiger partial charge in [-0.25, -0.2) is 0 Å². The minimum absolute atomic E-state index is 0.0899. The lowest BCUT2D eigenvalue weighted by Crippen LogP contribution is -2.07. The molecule has 0 aliphatic carbocycles. The van der Waals surface area contributed by atoms with Gasteiger partial charge in [0.1, 0.15) is 4.98 Å². The number of ketones is 1. The topological polar surface area (TPSA) is 57.6 Å². The second-order valence-corrected chi connectivity index (χ2v) is 2.88. The first kappa shape index (κ1) is 9.59. The fourth-order valence-corrected chi connectivity index (χ4v) is 1.15. The van der Waals surface area contributed by atoms with E-state index in [1.54, 1.807) is 6.21 Å². The van der Waals surface area contributed by atoms with Crippen molar-refractivity contribution < 1.29 is 4.79 Å². The zero-order valence-corrected chi connectivity index (χ0v) is 7.44. The van der Waals surface area contributed by atoms with Crippen LogP contribution < -0.4 is 0 Å². The lowest BCUT2D eigenvalue weighted by Gasteiger charge is -2.03. The molecule has 0 aromatic carbocycles. The molecule has 68 valence electrons. The first-order valence-corrected chi connectivity index (χ1v) is 4.38. The van der Waals surface area contributed by atoms with Gasteiger partial charge in [-0.05, 0) is 6.42 Å². The van der Waals surface area contributed by atoms with Gasteiger partial charge in [0.2, 0.25) is 5.39 Å². The monoisotopic (exact) mass is 178 g/mol. The number of diazo groups is 1. The average Bonchev–Trinajstić information content (AvgIpc) is 2.19. The lowest BCUT2D eigenvalue weighted by molar-refractivity contribution is -0.115. The van der Waals surface area contributed by atoms with E-state index in [2.05, 4.69) is 9.97 Å². The molecule has 0 unspecified atom stereocenters. The van der Waals surface area contributed by atoms with Gasteiger partial charge >= 0.3 is 6.54 Å². The maximum absolute atomic E-state index is 11.4. The van der Waals surface area contributed by atoms with E-state index in [9.17, 15) is 4.79 Å². The van der Waals surface area contributed by atoms with Gasteiger partial charge in [0.05, 0.1) is 0 Å². The van der Waals surface area contributed by atoms with E-state index >= 15 is 0 Å². The van der Waals surface area contributed by atoms with Crippen LogP contribution >= 0.6 is 0 Å². The zero-order chi connectivity index (χ0) is 9.52. The van der Waals surface area contributed by atoms with Gasteiger partial charge in [-0.3, -0.25) is 9.79 Å². The molecule has 0 amide bonds. The molecule has 1 rings (SSSR count). The zero-order valence-electron chi connectivity index (χ0n) is 7.44. The predicted molar refractivity (Wildman–Crippen MR) is 50.3 cm³/mol. The van der Waals surface area contributed by atoms with Crippen LogP contribution in [0.25, 0.3) is 4.98 Å². The van der Waals surface area contributed by atoms with Crippen LogP contribution in [-0.2, 0) is 4.79 Å². The summed E-state index contributed by atoms with van der Waals surface area (Å²) in [6, 6.07) is 0. The number of rotatable bonds is 4. The van der Waals surface area contributed by atoms with E-state index in [1.807, 2.05) is 6.08 Å². The number of carbonyl (C=O) groups is 1. The summed E-state index contributed by atoms with van der Waals surface area (Å²) >= 11 is 0. The van der Waals surface area contributed by atoms with Gasteiger partial charge in [0, 0.05) is 31.2 Å². The molecule has 0 aromatic rings. The first-order chi connectivity index (χ1) is 6.34. The van der Waals surface area contributed by atoms with Crippen molar-refractivity contribution in [2.24, 2.45) is 4.99 Å². The third kappa shape index (κ3) is 3.16. The molecule has 0 saturated heterocycles. The molecule has 0 spiro atoms. The molecule has 0 N–H and O–H groups in total. The second-order valence-electron chi connectivity index (χ2n) is 2.88. The summed E-state index contributed by atoms with van der Waals surface area (Å²) in [5.41, 5.74) is 0.698. The van der Waals surface area contributed by atoms with Gasteiger partial charge in [-0.1, -0.05) is 6.08 Å². The molecule has 0 fully saturated rings. The van der Waals surface area contributed by atoms with Crippen LogP contribution in [0, 0.1) is 5.39 Å². The third-order valence-electron chi connectivity index (χ3n) is 1.84. The van der Waals surface area contributed by atoms with Crippen molar-refractivity contribution in [2.75, 3.05) is 13.1 Å². The van der Waals surface area contributed by atoms with E-state index in [0.717, 1.165) is 13.0 Å². The van der Waals surface area contributed by atoms with Crippen molar-refractivity contribution in [1.29, 1.82) is 5.39 Å². The van der Waals surface area contributed by atoms with Crippen LogP contribution in [0.4, 0.5) is 0 Å². The molecular formula is C9H12N3O+. The highest BCUT2D eigenvalue weighted by Crippen LogP contribution is 2.06. The number of nitrogens with zero attached hydrogens (tertiary/aromatic N) is 3. The SMILES string of the molecule is N#[N+]CCCC(=O)C1=CCCN=C1. The third-order valence-corrected chi connectivity index (χ3v) is 1.84. The number of hydrogen-bond acceptors (Lipinski definition) is 3. The number of hydrogen-bond donors (Lipinski definition) is 0. The average molecular weight is 178 g/mol. The molecular weight excluding hydrogens is 166 g/mol. The van der Waals surface area contributed by atoms with Crippen molar-refractivity contribution >= 4 is 12.0 Å². The van der Waals surface area contributed by atoms with Crippen molar-refractivity contribution in [2.45, 2.75) is 19.3 Å². The van der Waals surface area contributed by atoms with Gasteiger partial charge in [-0.15, -0.1) is 0 Å². The number of allylic oxidation sites excluding steroid dienone is 1. The summed E-state index contributed by atoms with van der Waals surface area (Å²) in [4.78, 5) is 18.4. The first-order valence-electron chi connectivity index (χ1n) is 4.38. The Hall–Kier alpha value is -1.50. The Bertz CT molecular complexity index is 286. The fraction of sp³-hybridized carbons (Fsp3) is 0.556. The number of carbonyl (C=O) groups excluding carboxylic acids is 1. The maximum Gasteiger partial charge on any atom is 0.306 e. The molecule has 4 nitrogen and oxygen atoms in total. The fourth-order valence-electron chi connectivity index (χ4n) is 1.15. The minimum Gasteiger partial charge on any atom is -0.294 e. The van der Waals surface area contributed by atoms with E-state index in [-0.39, 0.29) is 5.78 Å². The summed E-state index contributed by atoms with van der Waals surface area (Å²) in [5.74, 6) is 0.0899.